The molecule has 0 saturated carbocycles. The van der Waals surface area contributed by atoms with Crippen LogP contribution in [-0.2, 0) is 5.41 Å². The normalized spacial score (nSPS) is 13.4. The molecule has 1 aliphatic rings. The lowest BCUT2D eigenvalue weighted by atomic mass is 9.68. The SMILES string of the molecule is c1cc(-n2c3ccccc3c3ccccc32)cc(C2(c3cccc(-n4c5ccccc5c5ccccc54)c3)c3ccccc3-c3sccc32)c1. The lowest BCUT2D eigenvalue weighted by Crippen LogP contribution is -2.28. The van der Waals surface area contributed by atoms with Crippen molar-refractivity contribution in [3.63, 3.8) is 0 Å². The zero-order valence-corrected chi connectivity index (χ0v) is 27.9. The van der Waals surface area contributed by atoms with Gasteiger partial charge in [0, 0.05) is 37.8 Å². The van der Waals surface area contributed by atoms with Gasteiger partial charge in [-0.05, 0) is 87.8 Å². The third kappa shape index (κ3) is 3.62. The molecule has 3 aromatic heterocycles. The predicted molar refractivity (Wildman–Crippen MR) is 210 cm³/mol. The molecule has 0 radical (unpaired) electrons. The maximum atomic E-state index is 2.44. The first-order valence-corrected chi connectivity index (χ1v) is 18.1. The number of thiophene rings is 1. The van der Waals surface area contributed by atoms with Gasteiger partial charge in [0.05, 0.1) is 27.5 Å². The Balaban J connectivity index is 1.22. The summed E-state index contributed by atoms with van der Waals surface area (Å²) in [4.78, 5) is 1.35. The van der Waals surface area contributed by atoms with Crippen LogP contribution in [0.4, 0.5) is 0 Å². The molecule has 1 aliphatic carbocycles. The summed E-state index contributed by atoms with van der Waals surface area (Å²) in [6, 6.07) is 65.1. The molecule has 0 bridgehead atoms. The van der Waals surface area contributed by atoms with Gasteiger partial charge < -0.3 is 9.13 Å². The zero-order valence-electron chi connectivity index (χ0n) is 27.1. The predicted octanol–water partition coefficient (Wildman–Crippen LogP) is 12.3. The molecule has 50 heavy (non-hydrogen) atoms. The fourth-order valence-electron chi connectivity index (χ4n) is 8.91. The number of para-hydroxylation sites is 4. The first-order valence-electron chi connectivity index (χ1n) is 17.2. The summed E-state index contributed by atoms with van der Waals surface area (Å²) in [7, 11) is 0. The molecule has 0 saturated heterocycles. The first kappa shape index (κ1) is 27.8. The van der Waals surface area contributed by atoms with Crippen LogP contribution in [0.3, 0.4) is 0 Å². The van der Waals surface area contributed by atoms with Gasteiger partial charge in [0.1, 0.15) is 0 Å². The van der Waals surface area contributed by atoms with Crippen molar-refractivity contribution < 1.29 is 0 Å². The van der Waals surface area contributed by atoms with Crippen LogP contribution in [0.25, 0.3) is 65.4 Å². The summed E-state index contributed by atoms with van der Waals surface area (Å²) in [6.07, 6.45) is 0. The van der Waals surface area contributed by atoms with Crippen LogP contribution in [0.15, 0.2) is 181 Å². The van der Waals surface area contributed by atoms with Crippen molar-refractivity contribution in [2.75, 3.05) is 0 Å². The molecule has 10 aromatic rings. The number of rotatable bonds is 4. The highest BCUT2D eigenvalue weighted by atomic mass is 32.1. The Hall–Kier alpha value is -6.16. The van der Waals surface area contributed by atoms with E-state index in [-0.39, 0.29) is 0 Å². The van der Waals surface area contributed by atoms with Crippen molar-refractivity contribution in [3.8, 4) is 21.8 Å². The van der Waals surface area contributed by atoms with Crippen LogP contribution in [-0.4, -0.2) is 9.13 Å². The number of benzene rings is 7. The molecule has 3 heterocycles. The maximum Gasteiger partial charge on any atom is 0.0723 e. The van der Waals surface area contributed by atoms with E-state index < -0.39 is 5.41 Å². The van der Waals surface area contributed by atoms with Gasteiger partial charge in [-0.15, -0.1) is 11.3 Å². The van der Waals surface area contributed by atoms with Crippen molar-refractivity contribution >= 4 is 54.9 Å². The summed E-state index contributed by atoms with van der Waals surface area (Å²) in [6.45, 7) is 0. The summed E-state index contributed by atoms with van der Waals surface area (Å²) >= 11 is 1.85. The second kappa shape index (κ2) is 10.4. The van der Waals surface area contributed by atoms with Gasteiger partial charge in [0.15, 0.2) is 0 Å². The number of aromatic nitrogens is 2. The molecule has 0 aliphatic heterocycles. The van der Waals surface area contributed by atoms with Crippen LogP contribution in [0.2, 0.25) is 0 Å². The second-order valence-corrected chi connectivity index (χ2v) is 14.2. The third-order valence-electron chi connectivity index (χ3n) is 10.9. The van der Waals surface area contributed by atoms with Gasteiger partial charge in [0.2, 0.25) is 0 Å². The largest absolute Gasteiger partial charge is 0.309 e. The molecule has 0 N–H and O–H groups in total. The van der Waals surface area contributed by atoms with Gasteiger partial charge in [0.25, 0.3) is 0 Å². The fourth-order valence-corrected chi connectivity index (χ4v) is 9.91. The van der Waals surface area contributed by atoms with E-state index in [2.05, 4.69) is 190 Å². The van der Waals surface area contributed by atoms with Gasteiger partial charge in [-0.2, -0.15) is 0 Å². The standard InChI is InChI=1S/C47H30N2S/c1-6-22-40-39(21-1)46-41(27-28-50-46)47(40,31-13-11-15-33(29-31)48-42-23-7-2-17-35(42)36-18-3-8-24-43(36)48)32-14-12-16-34(30-32)49-44-25-9-4-19-37(44)38-20-5-10-26-45(38)49/h1-30H. The third-order valence-corrected chi connectivity index (χ3v) is 11.8. The number of fused-ring (bicyclic) bond motifs is 9. The van der Waals surface area contributed by atoms with E-state index in [9.17, 15) is 0 Å². The lowest BCUT2D eigenvalue weighted by molar-refractivity contribution is 0.768. The maximum absolute atomic E-state index is 2.44. The Bertz CT molecular complexity index is 2690. The highest BCUT2D eigenvalue weighted by molar-refractivity contribution is 7.14. The molecule has 7 aromatic carbocycles. The van der Waals surface area contributed by atoms with Gasteiger partial charge in [-0.3, -0.25) is 0 Å². The van der Waals surface area contributed by atoms with Gasteiger partial charge in [-0.25, -0.2) is 0 Å². The molecule has 11 rings (SSSR count). The van der Waals surface area contributed by atoms with E-state index in [0.717, 1.165) is 0 Å². The highest BCUT2D eigenvalue weighted by Gasteiger charge is 2.47. The molecule has 0 atom stereocenters. The number of nitrogens with zero attached hydrogens (tertiary/aromatic N) is 2. The van der Waals surface area contributed by atoms with E-state index >= 15 is 0 Å². The molecule has 3 heteroatoms. The van der Waals surface area contributed by atoms with Crippen molar-refractivity contribution in [2.45, 2.75) is 5.41 Å². The van der Waals surface area contributed by atoms with Crippen LogP contribution in [0.1, 0.15) is 22.3 Å². The fraction of sp³-hybridized carbons (Fsp3) is 0.0213. The molecule has 0 fully saturated rings. The highest BCUT2D eigenvalue weighted by Crippen LogP contribution is 2.58. The van der Waals surface area contributed by atoms with Crippen LogP contribution in [0.5, 0.6) is 0 Å². The van der Waals surface area contributed by atoms with Crippen molar-refractivity contribution in [2.24, 2.45) is 0 Å². The van der Waals surface area contributed by atoms with Gasteiger partial charge in [-0.1, -0.05) is 121 Å². The monoisotopic (exact) mass is 654 g/mol. The summed E-state index contributed by atoms with van der Waals surface area (Å²) in [5, 5.41) is 7.35. The van der Waals surface area contributed by atoms with E-state index in [1.165, 1.54) is 87.7 Å². The van der Waals surface area contributed by atoms with Crippen molar-refractivity contribution in [3.05, 3.63) is 204 Å². The molecule has 234 valence electrons. The second-order valence-electron chi connectivity index (χ2n) is 13.3. The quantitative estimate of drug-likeness (QED) is 0.179. The number of hydrogen-bond donors (Lipinski definition) is 0. The summed E-state index contributed by atoms with van der Waals surface area (Å²) in [5.74, 6) is 0. The Kier molecular flexibility index (Phi) is 5.78. The van der Waals surface area contributed by atoms with Gasteiger partial charge >= 0.3 is 0 Å². The minimum absolute atomic E-state index is 0.504. The molecule has 0 unspecified atom stereocenters. The van der Waals surface area contributed by atoms with Crippen molar-refractivity contribution in [1.29, 1.82) is 0 Å². The lowest BCUT2D eigenvalue weighted by Gasteiger charge is -2.34. The molecular formula is C47H30N2S. The van der Waals surface area contributed by atoms with E-state index in [0.29, 0.717) is 0 Å². The van der Waals surface area contributed by atoms with Crippen LogP contribution in [0, 0.1) is 0 Å². The zero-order chi connectivity index (χ0) is 32.8. The van der Waals surface area contributed by atoms with Crippen LogP contribution >= 0.6 is 11.3 Å². The minimum Gasteiger partial charge on any atom is -0.309 e. The first-order chi connectivity index (χ1) is 24.8. The molecular weight excluding hydrogens is 625 g/mol. The molecule has 0 amide bonds. The summed E-state index contributed by atoms with van der Waals surface area (Å²) < 4.78 is 4.87. The van der Waals surface area contributed by atoms with Crippen molar-refractivity contribution in [1.82, 2.24) is 9.13 Å². The Morgan fingerprint density at radius 3 is 1.32 bits per heavy atom. The smallest absolute Gasteiger partial charge is 0.0723 e. The van der Waals surface area contributed by atoms with E-state index in [1.807, 2.05) is 11.3 Å². The Morgan fingerprint density at radius 2 is 0.820 bits per heavy atom. The summed E-state index contributed by atoms with van der Waals surface area (Å²) in [5.41, 5.74) is 13.2. The minimum atomic E-state index is -0.504. The average molecular weight is 655 g/mol. The van der Waals surface area contributed by atoms with Crippen LogP contribution < -0.4 is 0 Å². The van der Waals surface area contributed by atoms with E-state index in [1.54, 1.807) is 0 Å². The average Bonchev–Trinajstić information content (AvgIpc) is 3.94. The number of hydrogen-bond acceptors (Lipinski definition) is 1. The molecule has 0 spiro atoms. The molecule has 2 nitrogen and oxygen atoms in total. The topological polar surface area (TPSA) is 9.86 Å². The Labute approximate surface area is 293 Å². The Morgan fingerprint density at radius 1 is 0.380 bits per heavy atom. The van der Waals surface area contributed by atoms with E-state index in [4.69, 9.17) is 0 Å².